The van der Waals surface area contributed by atoms with Crippen LogP contribution in [-0.2, 0) is 22.3 Å². The zero-order chi connectivity index (χ0) is 14.8. The lowest BCUT2D eigenvalue weighted by molar-refractivity contribution is 0.0714. The predicted molar refractivity (Wildman–Crippen MR) is 73.0 cm³/mol. The highest BCUT2D eigenvalue weighted by Crippen LogP contribution is 2.29. The largest absolute Gasteiger partial charge is 0.382 e. The van der Waals surface area contributed by atoms with Gasteiger partial charge in [0.1, 0.15) is 0 Å². The van der Waals surface area contributed by atoms with Gasteiger partial charge in [0.05, 0.1) is 25.9 Å². The maximum Gasteiger partial charge on any atom is 0.227 e. The third-order valence-electron chi connectivity index (χ3n) is 3.35. The maximum atomic E-state index is 8.86. The first-order chi connectivity index (χ1) is 9.63. The minimum absolute atomic E-state index is 0.104. The molecule has 6 nitrogen and oxygen atoms in total. The molecule has 0 spiro atoms. The molecule has 0 aliphatic rings. The van der Waals surface area contributed by atoms with Gasteiger partial charge < -0.3 is 14.0 Å². The van der Waals surface area contributed by atoms with Crippen LogP contribution in [0.5, 0.6) is 0 Å². The standard InChI is InChI=1S/C14H23N3O3/c1-4-14(2,6-7-15)11-13-16-12(17-20-13)5-8-19-10-9-18-3/h4-6,8-11H2,1-3H3. The Morgan fingerprint density at radius 3 is 2.80 bits per heavy atom. The molecule has 0 saturated heterocycles. The van der Waals surface area contributed by atoms with Crippen molar-refractivity contribution >= 4 is 0 Å². The molecule has 1 unspecified atom stereocenters. The molecule has 0 amide bonds. The van der Waals surface area contributed by atoms with E-state index in [1.165, 1.54) is 0 Å². The lowest BCUT2D eigenvalue weighted by atomic mass is 9.81. The molecule has 112 valence electrons. The minimum atomic E-state index is -0.104. The van der Waals surface area contributed by atoms with E-state index in [4.69, 9.17) is 19.3 Å². The van der Waals surface area contributed by atoms with Gasteiger partial charge in [-0.2, -0.15) is 10.2 Å². The number of nitriles is 1. The molecule has 0 aromatic carbocycles. The van der Waals surface area contributed by atoms with Gasteiger partial charge in [-0.05, 0) is 11.8 Å². The molecule has 1 atom stereocenters. The van der Waals surface area contributed by atoms with Crippen LogP contribution in [0.25, 0.3) is 0 Å². The Balaban J connectivity index is 2.41. The lowest BCUT2D eigenvalue weighted by Crippen LogP contribution is -2.18. The van der Waals surface area contributed by atoms with Crippen molar-refractivity contribution in [2.24, 2.45) is 5.41 Å². The van der Waals surface area contributed by atoms with E-state index >= 15 is 0 Å². The number of methoxy groups -OCH3 is 1. The van der Waals surface area contributed by atoms with Gasteiger partial charge in [0, 0.05) is 26.4 Å². The van der Waals surface area contributed by atoms with Gasteiger partial charge in [-0.25, -0.2) is 0 Å². The van der Waals surface area contributed by atoms with Crippen LogP contribution >= 0.6 is 0 Å². The summed E-state index contributed by atoms with van der Waals surface area (Å²) in [6.07, 6.45) is 2.64. The topological polar surface area (TPSA) is 81.2 Å². The predicted octanol–water partition coefficient (Wildman–Crippen LogP) is 2.15. The Morgan fingerprint density at radius 1 is 1.35 bits per heavy atom. The SMILES string of the molecule is CCC(C)(CC#N)Cc1nc(CCOCCOC)no1. The summed E-state index contributed by atoms with van der Waals surface area (Å²) in [5.41, 5.74) is -0.104. The number of ether oxygens (including phenoxy) is 2. The van der Waals surface area contributed by atoms with Gasteiger partial charge in [-0.15, -0.1) is 0 Å². The Kier molecular flexibility index (Phi) is 7.20. The average molecular weight is 281 g/mol. The van der Waals surface area contributed by atoms with Gasteiger partial charge in [0.25, 0.3) is 0 Å². The zero-order valence-electron chi connectivity index (χ0n) is 12.5. The van der Waals surface area contributed by atoms with Crippen LogP contribution in [0.2, 0.25) is 0 Å². The van der Waals surface area contributed by atoms with Crippen LogP contribution < -0.4 is 0 Å². The summed E-state index contributed by atoms with van der Waals surface area (Å²) >= 11 is 0. The van der Waals surface area contributed by atoms with Crippen LogP contribution in [0.15, 0.2) is 4.52 Å². The summed E-state index contributed by atoms with van der Waals surface area (Å²) in [5.74, 6) is 1.24. The molecule has 1 rings (SSSR count). The second-order valence-corrected chi connectivity index (χ2v) is 5.14. The molecule has 20 heavy (non-hydrogen) atoms. The van der Waals surface area contributed by atoms with Crippen LogP contribution in [0.3, 0.4) is 0 Å². The minimum Gasteiger partial charge on any atom is -0.382 e. The molecule has 1 heterocycles. The van der Waals surface area contributed by atoms with Crippen LogP contribution in [-0.4, -0.2) is 37.1 Å². The van der Waals surface area contributed by atoms with Gasteiger partial charge in [0.2, 0.25) is 5.89 Å². The van der Waals surface area contributed by atoms with Crippen molar-refractivity contribution in [1.82, 2.24) is 10.1 Å². The molecule has 1 aromatic rings. The highest BCUT2D eigenvalue weighted by molar-refractivity contribution is 4.94. The number of hydrogen-bond acceptors (Lipinski definition) is 6. The van der Waals surface area contributed by atoms with E-state index in [1.807, 2.05) is 0 Å². The summed E-state index contributed by atoms with van der Waals surface area (Å²) in [5, 5.41) is 12.8. The monoisotopic (exact) mass is 281 g/mol. The number of rotatable bonds is 10. The van der Waals surface area contributed by atoms with E-state index in [0.717, 1.165) is 6.42 Å². The average Bonchev–Trinajstić information content (AvgIpc) is 2.86. The van der Waals surface area contributed by atoms with Crippen molar-refractivity contribution < 1.29 is 14.0 Å². The molecule has 0 N–H and O–H groups in total. The summed E-state index contributed by atoms with van der Waals surface area (Å²) in [6.45, 7) is 5.83. The second-order valence-electron chi connectivity index (χ2n) is 5.14. The molecule has 0 fully saturated rings. The Bertz CT molecular complexity index is 428. The fraction of sp³-hybridized carbons (Fsp3) is 0.786. The Hall–Kier alpha value is -1.45. The van der Waals surface area contributed by atoms with E-state index in [1.54, 1.807) is 7.11 Å². The number of hydrogen-bond donors (Lipinski definition) is 0. The molecule has 0 radical (unpaired) electrons. The van der Waals surface area contributed by atoms with Crippen molar-refractivity contribution in [3.8, 4) is 6.07 Å². The van der Waals surface area contributed by atoms with E-state index in [0.29, 0.717) is 50.8 Å². The van der Waals surface area contributed by atoms with E-state index in [9.17, 15) is 0 Å². The highest BCUT2D eigenvalue weighted by atomic mass is 16.5. The lowest BCUT2D eigenvalue weighted by Gasteiger charge is -2.22. The Morgan fingerprint density at radius 2 is 2.15 bits per heavy atom. The maximum absolute atomic E-state index is 8.86. The van der Waals surface area contributed by atoms with Gasteiger partial charge >= 0.3 is 0 Å². The van der Waals surface area contributed by atoms with Crippen molar-refractivity contribution in [2.45, 2.75) is 39.5 Å². The van der Waals surface area contributed by atoms with Gasteiger partial charge in [0.15, 0.2) is 5.82 Å². The number of aromatic nitrogens is 2. The first kappa shape index (κ1) is 16.6. The first-order valence-corrected chi connectivity index (χ1v) is 6.88. The molecule has 1 aromatic heterocycles. The summed E-state index contributed by atoms with van der Waals surface area (Å²) in [7, 11) is 1.64. The summed E-state index contributed by atoms with van der Waals surface area (Å²) < 4.78 is 15.5. The third kappa shape index (κ3) is 5.68. The summed E-state index contributed by atoms with van der Waals surface area (Å²) in [6, 6.07) is 2.22. The summed E-state index contributed by atoms with van der Waals surface area (Å²) in [4.78, 5) is 4.34. The van der Waals surface area contributed by atoms with Crippen molar-refractivity contribution in [3.05, 3.63) is 11.7 Å². The Labute approximate surface area is 120 Å². The molecule has 0 bridgehead atoms. The van der Waals surface area contributed by atoms with E-state index in [2.05, 4.69) is 30.1 Å². The van der Waals surface area contributed by atoms with Gasteiger partial charge in [-0.1, -0.05) is 19.0 Å². The van der Waals surface area contributed by atoms with Crippen LogP contribution in [0, 0.1) is 16.7 Å². The molecular formula is C14H23N3O3. The van der Waals surface area contributed by atoms with Gasteiger partial charge in [-0.3, -0.25) is 0 Å². The van der Waals surface area contributed by atoms with E-state index in [-0.39, 0.29) is 5.41 Å². The number of nitrogens with zero attached hydrogens (tertiary/aromatic N) is 3. The molecular weight excluding hydrogens is 258 g/mol. The fourth-order valence-electron chi connectivity index (χ4n) is 1.74. The molecule has 0 aliphatic heterocycles. The normalized spacial score (nSPS) is 13.9. The van der Waals surface area contributed by atoms with E-state index < -0.39 is 0 Å². The smallest absolute Gasteiger partial charge is 0.227 e. The third-order valence-corrected chi connectivity index (χ3v) is 3.35. The molecule has 6 heteroatoms. The molecule has 0 aliphatic carbocycles. The highest BCUT2D eigenvalue weighted by Gasteiger charge is 2.25. The second kappa shape index (κ2) is 8.67. The van der Waals surface area contributed by atoms with Crippen molar-refractivity contribution in [2.75, 3.05) is 26.9 Å². The van der Waals surface area contributed by atoms with Crippen molar-refractivity contribution in [1.29, 1.82) is 5.26 Å². The zero-order valence-corrected chi connectivity index (χ0v) is 12.5. The van der Waals surface area contributed by atoms with Crippen molar-refractivity contribution in [3.63, 3.8) is 0 Å². The first-order valence-electron chi connectivity index (χ1n) is 6.88. The fourth-order valence-corrected chi connectivity index (χ4v) is 1.74. The molecule has 0 saturated carbocycles. The van der Waals surface area contributed by atoms with Crippen LogP contribution in [0.4, 0.5) is 0 Å². The quantitative estimate of drug-likeness (QED) is 0.611. The van der Waals surface area contributed by atoms with Crippen LogP contribution in [0.1, 0.15) is 38.4 Å².